The predicted molar refractivity (Wildman–Crippen MR) is 127 cm³/mol. The van der Waals surface area contributed by atoms with Crippen LogP contribution < -0.4 is 20.1 Å². The van der Waals surface area contributed by atoms with Crippen molar-refractivity contribution in [2.24, 2.45) is 0 Å². The third-order valence-electron chi connectivity index (χ3n) is 4.81. The van der Waals surface area contributed by atoms with Gasteiger partial charge in [0.15, 0.2) is 0 Å². The van der Waals surface area contributed by atoms with E-state index in [1.807, 2.05) is 49.6 Å². The highest BCUT2D eigenvalue weighted by molar-refractivity contribution is 7.10. The SMILES string of the molecule is COc1ccc(C(=O)N/C(=C\c2cccs2)C(=O)NCCOc2ccc(C)c(C)c2)cc1. The van der Waals surface area contributed by atoms with Crippen molar-refractivity contribution in [1.82, 2.24) is 10.6 Å². The van der Waals surface area contributed by atoms with Crippen molar-refractivity contribution in [2.45, 2.75) is 13.8 Å². The fourth-order valence-electron chi connectivity index (χ4n) is 2.84. The van der Waals surface area contributed by atoms with Crippen LogP contribution in [0, 0.1) is 13.8 Å². The van der Waals surface area contributed by atoms with Gasteiger partial charge in [0.25, 0.3) is 11.8 Å². The summed E-state index contributed by atoms with van der Waals surface area (Å²) in [5, 5.41) is 7.43. The molecule has 166 valence electrons. The number of benzene rings is 2. The van der Waals surface area contributed by atoms with Gasteiger partial charge in [-0.2, -0.15) is 0 Å². The number of ether oxygens (including phenoxy) is 2. The number of nitrogens with one attached hydrogen (secondary N) is 2. The molecule has 2 amide bonds. The van der Waals surface area contributed by atoms with Crippen molar-refractivity contribution in [3.8, 4) is 11.5 Å². The van der Waals surface area contributed by atoms with Gasteiger partial charge in [0.2, 0.25) is 0 Å². The van der Waals surface area contributed by atoms with Crippen LogP contribution >= 0.6 is 11.3 Å². The third-order valence-corrected chi connectivity index (χ3v) is 5.63. The first-order valence-corrected chi connectivity index (χ1v) is 11.0. The molecule has 0 spiro atoms. The highest BCUT2D eigenvalue weighted by Gasteiger charge is 2.15. The molecule has 0 saturated carbocycles. The summed E-state index contributed by atoms with van der Waals surface area (Å²) in [6.45, 7) is 4.68. The number of hydrogen-bond acceptors (Lipinski definition) is 5. The van der Waals surface area contributed by atoms with E-state index in [-0.39, 0.29) is 17.5 Å². The molecule has 0 aliphatic heterocycles. The van der Waals surface area contributed by atoms with Crippen LogP contribution in [-0.2, 0) is 4.79 Å². The molecule has 1 aromatic heterocycles. The van der Waals surface area contributed by atoms with E-state index in [1.165, 1.54) is 16.9 Å². The zero-order chi connectivity index (χ0) is 22.9. The molecule has 6 nitrogen and oxygen atoms in total. The Morgan fingerprint density at radius 1 is 1.00 bits per heavy atom. The molecule has 0 aliphatic carbocycles. The van der Waals surface area contributed by atoms with Gasteiger partial charge in [-0.25, -0.2) is 0 Å². The molecule has 7 heteroatoms. The number of thiophene rings is 1. The van der Waals surface area contributed by atoms with Gasteiger partial charge in [0.05, 0.1) is 13.7 Å². The summed E-state index contributed by atoms with van der Waals surface area (Å²) in [7, 11) is 1.56. The van der Waals surface area contributed by atoms with Crippen LogP contribution in [0.4, 0.5) is 0 Å². The third kappa shape index (κ3) is 6.46. The molecule has 0 unspecified atom stereocenters. The van der Waals surface area contributed by atoms with Crippen LogP contribution in [0.2, 0.25) is 0 Å². The first-order chi connectivity index (χ1) is 15.5. The molecule has 3 rings (SSSR count). The van der Waals surface area contributed by atoms with E-state index in [9.17, 15) is 9.59 Å². The Bertz CT molecular complexity index is 1090. The van der Waals surface area contributed by atoms with Crippen molar-refractivity contribution in [3.63, 3.8) is 0 Å². The topological polar surface area (TPSA) is 76.7 Å². The molecule has 0 saturated heterocycles. The van der Waals surface area contributed by atoms with Crippen molar-refractivity contribution in [1.29, 1.82) is 0 Å². The molecule has 1 heterocycles. The molecular formula is C25H26N2O4S. The molecule has 2 N–H and O–H groups in total. The van der Waals surface area contributed by atoms with Gasteiger partial charge >= 0.3 is 0 Å². The van der Waals surface area contributed by atoms with Crippen LogP contribution in [0.25, 0.3) is 6.08 Å². The summed E-state index contributed by atoms with van der Waals surface area (Å²) in [5.41, 5.74) is 2.93. The van der Waals surface area contributed by atoms with Gasteiger partial charge in [-0.05, 0) is 78.9 Å². The molecule has 0 bridgehead atoms. The maximum atomic E-state index is 12.8. The summed E-state index contributed by atoms with van der Waals surface area (Å²) in [6.07, 6.45) is 1.66. The summed E-state index contributed by atoms with van der Waals surface area (Å²) in [6, 6.07) is 16.3. The average Bonchev–Trinajstić information content (AvgIpc) is 3.31. The van der Waals surface area contributed by atoms with E-state index in [0.29, 0.717) is 24.5 Å². The fourth-order valence-corrected chi connectivity index (χ4v) is 3.50. The lowest BCUT2D eigenvalue weighted by Crippen LogP contribution is -2.36. The summed E-state index contributed by atoms with van der Waals surface area (Å²) >= 11 is 1.48. The van der Waals surface area contributed by atoms with E-state index in [0.717, 1.165) is 16.2 Å². The number of methoxy groups -OCH3 is 1. The number of hydrogen-bond donors (Lipinski definition) is 2. The van der Waals surface area contributed by atoms with E-state index in [2.05, 4.69) is 10.6 Å². The number of aryl methyl sites for hydroxylation is 2. The molecule has 2 aromatic carbocycles. The molecular weight excluding hydrogens is 424 g/mol. The molecule has 32 heavy (non-hydrogen) atoms. The second kappa shape index (κ2) is 11.2. The molecule has 3 aromatic rings. The number of carbonyl (C=O) groups excluding carboxylic acids is 2. The van der Waals surface area contributed by atoms with E-state index in [1.54, 1.807) is 37.5 Å². The van der Waals surface area contributed by atoms with E-state index < -0.39 is 0 Å². The standard InChI is InChI=1S/C25H26N2O4S/c1-17-6-9-21(15-18(17)2)31-13-12-26-25(29)23(16-22-5-4-14-32-22)27-24(28)19-7-10-20(30-3)11-8-19/h4-11,14-16H,12-13H2,1-3H3,(H,26,29)(H,27,28)/b23-16-. The lowest BCUT2D eigenvalue weighted by atomic mass is 10.1. The first kappa shape index (κ1) is 23.1. The smallest absolute Gasteiger partial charge is 0.267 e. The van der Waals surface area contributed by atoms with E-state index >= 15 is 0 Å². The van der Waals surface area contributed by atoms with Crippen molar-refractivity contribution in [2.75, 3.05) is 20.3 Å². The van der Waals surface area contributed by atoms with Crippen LogP contribution in [0.5, 0.6) is 11.5 Å². The Labute approximate surface area is 191 Å². The zero-order valence-corrected chi connectivity index (χ0v) is 19.1. The summed E-state index contributed by atoms with van der Waals surface area (Å²) < 4.78 is 10.8. The van der Waals surface area contributed by atoms with E-state index in [4.69, 9.17) is 9.47 Å². The van der Waals surface area contributed by atoms with Crippen LogP contribution in [0.1, 0.15) is 26.4 Å². The number of amides is 2. The van der Waals surface area contributed by atoms with Gasteiger partial charge in [0, 0.05) is 10.4 Å². The van der Waals surface area contributed by atoms with Gasteiger partial charge in [-0.15, -0.1) is 11.3 Å². The summed E-state index contributed by atoms with van der Waals surface area (Å²) in [5.74, 6) is 0.642. The van der Waals surface area contributed by atoms with Gasteiger partial charge in [0.1, 0.15) is 23.8 Å². The van der Waals surface area contributed by atoms with Crippen LogP contribution in [0.15, 0.2) is 65.7 Å². The quantitative estimate of drug-likeness (QED) is 0.376. The normalized spacial score (nSPS) is 11.0. The fraction of sp³-hybridized carbons (Fsp3) is 0.200. The Kier molecular flexibility index (Phi) is 8.05. The second-order valence-electron chi connectivity index (χ2n) is 7.11. The Morgan fingerprint density at radius 3 is 2.41 bits per heavy atom. The number of rotatable bonds is 9. The summed E-state index contributed by atoms with van der Waals surface area (Å²) in [4.78, 5) is 26.3. The number of carbonyl (C=O) groups is 2. The maximum absolute atomic E-state index is 12.8. The molecule has 0 fully saturated rings. The van der Waals surface area contributed by atoms with Crippen molar-refractivity contribution in [3.05, 3.63) is 87.2 Å². The van der Waals surface area contributed by atoms with Crippen molar-refractivity contribution < 1.29 is 19.1 Å². The zero-order valence-electron chi connectivity index (χ0n) is 18.3. The molecule has 0 aliphatic rings. The molecule has 0 radical (unpaired) electrons. The largest absolute Gasteiger partial charge is 0.497 e. The van der Waals surface area contributed by atoms with Crippen molar-refractivity contribution >= 4 is 29.2 Å². The minimum Gasteiger partial charge on any atom is -0.497 e. The van der Waals surface area contributed by atoms with Crippen LogP contribution in [0.3, 0.4) is 0 Å². The van der Waals surface area contributed by atoms with Gasteiger partial charge in [-0.1, -0.05) is 12.1 Å². The Hall–Kier alpha value is -3.58. The molecule has 0 atom stereocenters. The van der Waals surface area contributed by atoms with Gasteiger partial charge < -0.3 is 20.1 Å². The van der Waals surface area contributed by atoms with Crippen LogP contribution in [-0.4, -0.2) is 32.1 Å². The minimum atomic E-state index is -0.385. The lowest BCUT2D eigenvalue weighted by molar-refractivity contribution is -0.117. The second-order valence-corrected chi connectivity index (χ2v) is 8.09. The first-order valence-electron chi connectivity index (χ1n) is 10.1. The highest BCUT2D eigenvalue weighted by atomic mass is 32.1. The monoisotopic (exact) mass is 450 g/mol. The average molecular weight is 451 g/mol. The Morgan fingerprint density at radius 2 is 1.75 bits per heavy atom. The highest BCUT2D eigenvalue weighted by Crippen LogP contribution is 2.17. The predicted octanol–water partition coefficient (Wildman–Crippen LogP) is 4.34. The van der Waals surface area contributed by atoms with Gasteiger partial charge in [-0.3, -0.25) is 9.59 Å². The Balaban J connectivity index is 1.62. The lowest BCUT2D eigenvalue weighted by Gasteiger charge is -2.12. The maximum Gasteiger partial charge on any atom is 0.267 e. The minimum absolute atomic E-state index is 0.166.